The highest BCUT2D eigenvalue weighted by atomic mass is 32.2. The monoisotopic (exact) mass is 876 g/mol. The third kappa shape index (κ3) is 19.2. The lowest BCUT2D eigenvalue weighted by molar-refractivity contribution is -0.158. The maximum absolute atomic E-state index is 13.2. The van der Waals surface area contributed by atoms with Crippen LogP contribution in [0.3, 0.4) is 0 Å². The van der Waals surface area contributed by atoms with Crippen LogP contribution in [0.25, 0.3) is 0 Å². The van der Waals surface area contributed by atoms with Gasteiger partial charge in [-0.2, -0.15) is 29.9 Å². The normalized spacial score (nSPS) is 18.7. The van der Waals surface area contributed by atoms with Crippen molar-refractivity contribution >= 4 is 83.8 Å². The second kappa shape index (κ2) is 26.3. The summed E-state index contributed by atoms with van der Waals surface area (Å²) in [5.41, 5.74) is 7.70. The van der Waals surface area contributed by atoms with E-state index in [9.17, 15) is 53.1 Å². The number of urea groups is 1. The van der Waals surface area contributed by atoms with Crippen molar-refractivity contribution in [3.8, 4) is 0 Å². The number of carbonyl (C=O) groups excluding carboxylic acids is 7. The standard InChI is InChI=1S/C35H56N8O14S2/c1-43(26(45)9-5-4-7-24-30-23(18-59-24)40-35(56)41-30)16-6-2-3-8-25(44)42-57-29(50)15-12-21(33(53)39-22(17-58)34(54)55)38-32(52)20(11-14-28(48)49)37-31(51)19(36)10-13-27(46)47/h19-24,30,58H,2-18,36H2,1H3,(H,37,51)(H,38,52)(H,39,53)(H,42,44)(H,46,47)(H,48,49)(H,54,55)(H2,40,41,56)/t19-,20-,21-,22-,23-,24-,30-/m0/s1. The predicted octanol–water partition coefficient (Wildman–Crippen LogP) is -1.39. The third-order valence-corrected chi connectivity index (χ3v) is 11.4. The molecule has 2 aliphatic rings. The third-order valence-electron chi connectivity index (χ3n) is 9.52. The number of thiol groups is 1. The van der Waals surface area contributed by atoms with Crippen molar-refractivity contribution in [2.75, 3.05) is 25.1 Å². The van der Waals surface area contributed by atoms with Gasteiger partial charge in [-0.1, -0.05) is 12.8 Å². The van der Waals surface area contributed by atoms with Crippen LogP contribution >= 0.6 is 24.4 Å². The van der Waals surface area contributed by atoms with Crippen LogP contribution in [0.2, 0.25) is 0 Å². The number of unbranched alkanes of at least 4 members (excludes halogenated alkanes) is 3. The summed E-state index contributed by atoms with van der Waals surface area (Å²) in [6.45, 7) is 0.495. The van der Waals surface area contributed by atoms with Gasteiger partial charge in [0.25, 0.3) is 5.91 Å². The van der Waals surface area contributed by atoms with Gasteiger partial charge in [0, 0.05) is 56.0 Å². The van der Waals surface area contributed by atoms with Gasteiger partial charge < -0.3 is 57.4 Å². The van der Waals surface area contributed by atoms with Crippen molar-refractivity contribution < 1.29 is 68.1 Å². The molecule has 0 radical (unpaired) electrons. The Bertz CT molecular complexity index is 1520. The van der Waals surface area contributed by atoms with E-state index in [4.69, 9.17) is 20.8 Å². The fourth-order valence-corrected chi connectivity index (χ4v) is 7.89. The van der Waals surface area contributed by atoms with Gasteiger partial charge in [0.2, 0.25) is 23.6 Å². The van der Waals surface area contributed by atoms with Gasteiger partial charge in [-0.05, 0) is 44.9 Å². The summed E-state index contributed by atoms with van der Waals surface area (Å²) in [4.78, 5) is 128. The fourth-order valence-electron chi connectivity index (χ4n) is 6.09. The largest absolute Gasteiger partial charge is 0.481 e. The highest BCUT2D eigenvalue weighted by molar-refractivity contribution is 8.00. The van der Waals surface area contributed by atoms with Crippen LogP contribution in [-0.4, -0.2) is 146 Å². The van der Waals surface area contributed by atoms with Gasteiger partial charge in [-0.3, -0.25) is 33.6 Å². The quantitative estimate of drug-likeness (QED) is 0.0187. The van der Waals surface area contributed by atoms with E-state index in [-0.39, 0.29) is 42.6 Å². The van der Waals surface area contributed by atoms with Crippen molar-refractivity contribution in [2.24, 2.45) is 5.73 Å². The molecule has 22 nitrogen and oxygen atoms in total. The molecule has 0 aromatic rings. The molecular formula is C35H56N8O14S2. The zero-order chi connectivity index (χ0) is 44.1. The van der Waals surface area contributed by atoms with E-state index in [0.717, 1.165) is 25.0 Å². The molecule has 59 heavy (non-hydrogen) atoms. The zero-order valence-electron chi connectivity index (χ0n) is 32.8. The maximum Gasteiger partial charge on any atom is 0.332 e. The van der Waals surface area contributed by atoms with Crippen molar-refractivity contribution in [3.05, 3.63) is 0 Å². The first-order valence-corrected chi connectivity index (χ1v) is 20.9. The minimum absolute atomic E-state index is 0.00719. The Kier molecular flexibility index (Phi) is 22.4. The van der Waals surface area contributed by atoms with Gasteiger partial charge in [-0.15, -0.1) is 0 Å². The van der Waals surface area contributed by atoms with Gasteiger partial charge in [0.1, 0.15) is 18.1 Å². The van der Waals surface area contributed by atoms with E-state index in [1.807, 2.05) is 17.2 Å². The summed E-state index contributed by atoms with van der Waals surface area (Å²) >= 11 is 5.71. The number of carboxylic acids is 3. The van der Waals surface area contributed by atoms with E-state index < -0.39 is 104 Å². The lowest BCUT2D eigenvalue weighted by Crippen LogP contribution is -2.57. The molecule has 24 heteroatoms. The number of hydroxylamine groups is 1. The molecule has 2 heterocycles. The molecule has 0 unspecified atom stereocenters. The number of nitrogens with one attached hydrogen (secondary N) is 6. The lowest BCUT2D eigenvalue weighted by atomic mass is 10.0. The van der Waals surface area contributed by atoms with Crippen LogP contribution < -0.4 is 37.8 Å². The molecule has 0 bridgehead atoms. The second-order valence-electron chi connectivity index (χ2n) is 14.2. The van der Waals surface area contributed by atoms with E-state index in [1.165, 1.54) is 0 Å². The number of hydrogen-bond donors (Lipinski definition) is 11. The minimum Gasteiger partial charge on any atom is -0.481 e. The molecule has 2 rings (SSSR count). The molecule has 0 saturated carbocycles. The molecule has 2 fully saturated rings. The Hall–Kier alpha value is -4.84. The van der Waals surface area contributed by atoms with Crippen molar-refractivity contribution in [3.63, 3.8) is 0 Å². The molecule has 2 saturated heterocycles. The van der Waals surface area contributed by atoms with E-state index in [2.05, 4.69) is 39.2 Å². The van der Waals surface area contributed by atoms with Crippen LogP contribution in [0.15, 0.2) is 0 Å². The van der Waals surface area contributed by atoms with Crippen LogP contribution in [-0.2, 0) is 48.0 Å². The summed E-state index contributed by atoms with van der Waals surface area (Å²) in [7, 11) is 1.72. The topological polar surface area (TPSA) is 342 Å². The predicted molar refractivity (Wildman–Crippen MR) is 213 cm³/mol. The second-order valence-corrected chi connectivity index (χ2v) is 15.8. The average molecular weight is 877 g/mol. The van der Waals surface area contributed by atoms with Crippen molar-refractivity contribution in [1.82, 2.24) is 37.0 Å². The summed E-state index contributed by atoms with van der Waals surface area (Å²) in [6, 6.07) is -5.92. The lowest BCUT2D eigenvalue weighted by Gasteiger charge is -2.24. The first-order valence-electron chi connectivity index (χ1n) is 19.3. The summed E-state index contributed by atoms with van der Waals surface area (Å²) < 4.78 is 0. The number of fused-ring (bicyclic) bond motifs is 1. The number of rotatable bonds is 28. The molecule has 332 valence electrons. The van der Waals surface area contributed by atoms with E-state index in [0.29, 0.717) is 37.5 Å². The number of amides is 7. The summed E-state index contributed by atoms with van der Waals surface area (Å²) in [5.74, 6) is -8.25. The Balaban J connectivity index is 1.79. The zero-order valence-corrected chi connectivity index (χ0v) is 34.5. The van der Waals surface area contributed by atoms with Gasteiger partial charge in [0.15, 0.2) is 0 Å². The summed E-state index contributed by atoms with van der Waals surface area (Å²) in [5, 5.41) is 40.2. The molecule has 0 spiro atoms. The molecule has 7 amide bonds. The van der Waals surface area contributed by atoms with Crippen molar-refractivity contribution in [1.29, 1.82) is 0 Å². The van der Waals surface area contributed by atoms with Crippen LogP contribution in [0.4, 0.5) is 4.79 Å². The highest BCUT2D eigenvalue weighted by Crippen LogP contribution is 2.33. The van der Waals surface area contributed by atoms with E-state index >= 15 is 0 Å². The Morgan fingerprint density at radius 1 is 0.797 bits per heavy atom. The smallest absolute Gasteiger partial charge is 0.332 e. The number of carboxylic acid groups (broad SMARTS) is 3. The number of thioether (sulfide) groups is 1. The Labute approximate surface area is 350 Å². The Morgan fingerprint density at radius 3 is 2.02 bits per heavy atom. The van der Waals surface area contributed by atoms with Crippen LogP contribution in [0.1, 0.15) is 89.9 Å². The van der Waals surface area contributed by atoms with Crippen LogP contribution in [0.5, 0.6) is 0 Å². The van der Waals surface area contributed by atoms with Gasteiger partial charge in [-0.25, -0.2) is 14.4 Å². The Morgan fingerprint density at radius 2 is 1.39 bits per heavy atom. The number of nitrogens with zero attached hydrogens (tertiary/aromatic N) is 1. The average Bonchev–Trinajstić information content (AvgIpc) is 3.74. The fraction of sp³-hybridized carbons (Fsp3) is 0.714. The molecular weight excluding hydrogens is 821 g/mol. The summed E-state index contributed by atoms with van der Waals surface area (Å²) in [6.07, 6.45) is 1.65. The van der Waals surface area contributed by atoms with Crippen LogP contribution in [0, 0.1) is 0 Å². The molecule has 7 atom stereocenters. The van der Waals surface area contributed by atoms with Crippen molar-refractivity contribution in [2.45, 2.75) is 131 Å². The van der Waals surface area contributed by atoms with Gasteiger partial charge >= 0.3 is 29.9 Å². The number of hydrogen-bond acceptors (Lipinski definition) is 14. The number of aliphatic carboxylic acids is 3. The first-order chi connectivity index (χ1) is 27.9. The maximum atomic E-state index is 13.2. The molecule has 0 aliphatic carbocycles. The first kappa shape index (κ1) is 50.3. The molecule has 0 aromatic carbocycles. The molecule has 2 aliphatic heterocycles. The SMILES string of the molecule is CN(CCCCCC(=O)NOC(=O)CC[C@H](NC(=O)[C@H](CCC(=O)O)NC(=O)[C@@H](N)CCC(=O)O)C(=O)N[C@@H](CS)C(=O)O)C(=O)CCCC[C@@H]1SC[C@@H]2NC(=O)N[C@@H]21. The number of carbonyl (C=O) groups is 10. The molecule has 11 N–H and O–H groups in total. The van der Waals surface area contributed by atoms with E-state index in [1.54, 1.807) is 11.9 Å². The van der Waals surface area contributed by atoms with Gasteiger partial charge in [0.05, 0.1) is 24.5 Å². The number of nitrogens with two attached hydrogens (primary N) is 1. The highest BCUT2D eigenvalue weighted by Gasteiger charge is 2.42. The molecule has 0 aromatic heterocycles. The minimum atomic E-state index is -1.62.